The second-order valence-electron chi connectivity index (χ2n) is 3.74. The van der Waals surface area contributed by atoms with Gasteiger partial charge < -0.3 is 14.3 Å². The highest BCUT2D eigenvalue weighted by atomic mass is 32.2. The minimum absolute atomic E-state index is 0.0841. The summed E-state index contributed by atoms with van der Waals surface area (Å²) >= 11 is 1.01. The maximum Gasteiger partial charge on any atom is 0.314 e. The van der Waals surface area contributed by atoms with Crippen molar-refractivity contribution in [1.82, 2.24) is 10.2 Å². The SMILES string of the molecule is CC1(c2nnc(SCC(=O)O)o2)CCCO1. The molecule has 1 aromatic heterocycles. The summed E-state index contributed by atoms with van der Waals surface area (Å²) in [7, 11) is 0. The first-order valence-corrected chi connectivity index (χ1v) is 5.91. The van der Waals surface area contributed by atoms with Gasteiger partial charge in [-0.1, -0.05) is 11.8 Å². The Labute approximate surface area is 96.4 Å². The van der Waals surface area contributed by atoms with Crippen LogP contribution in [0.1, 0.15) is 25.7 Å². The van der Waals surface area contributed by atoms with Gasteiger partial charge in [0.25, 0.3) is 5.22 Å². The first kappa shape index (κ1) is 11.4. The second-order valence-corrected chi connectivity index (χ2v) is 4.66. The van der Waals surface area contributed by atoms with Crippen molar-refractivity contribution in [3.8, 4) is 0 Å². The van der Waals surface area contributed by atoms with Crippen LogP contribution in [-0.4, -0.2) is 33.6 Å². The van der Waals surface area contributed by atoms with Crippen molar-refractivity contribution in [3.63, 3.8) is 0 Å². The van der Waals surface area contributed by atoms with E-state index >= 15 is 0 Å². The van der Waals surface area contributed by atoms with Gasteiger partial charge in [-0.15, -0.1) is 10.2 Å². The van der Waals surface area contributed by atoms with E-state index in [4.69, 9.17) is 14.3 Å². The average Bonchev–Trinajstić information content (AvgIpc) is 2.84. The molecule has 1 N–H and O–H groups in total. The zero-order valence-corrected chi connectivity index (χ0v) is 9.62. The summed E-state index contributed by atoms with van der Waals surface area (Å²) in [5.41, 5.74) is -0.505. The number of aromatic nitrogens is 2. The number of rotatable bonds is 4. The fraction of sp³-hybridized carbons (Fsp3) is 0.667. The topological polar surface area (TPSA) is 85.5 Å². The van der Waals surface area contributed by atoms with Gasteiger partial charge in [-0.2, -0.15) is 0 Å². The van der Waals surface area contributed by atoms with Crippen molar-refractivity contribution in [1.29, 1.82) is 0 Å². The molecule has 1 aliphatic rings. The Morgan fingerprint density at radius 2 is 2.44 bits per heavy atom. The van der Waals surface area contributed by atoms with Crippen molar-refractivity contribution < 1.29 is 19.1 Å². The monoisotopic (exact) mass is 244 g/mol. The first-order valence-electron chi connectivity index (χ1n) is 4.93. The van der Waals surface area contributed by atoms with E-state index in [1.54, 1.807) is 0 Å². The Hall–Kier alpha value is -1.08. The molecule has 0 aromatic carbocycles. The highest BCUT2D eigenvalue weighted by Crippen LogP contribution is 2.35. The van der Waals surface area contributed by atoms with Gasteiger partial charge in [-0.05, 0) is 19.8 Å². The molecule has 16 heavy (non-hydrogen) atoms. The Morgan fingerprint density at radius 3 is 3.06 bits per heavy atom. The Kier molecular flexibility index (Phi) is 3.15. The summed E-state index contributed by atoms with van der Waals surface area (Å²) in [5, 5.41) is 16.5. The molecule has 0 amide bonds. The standard InChI is InChI=1S/C9H12N2O4S/c1-9(3-2-4-14-9)7-10-11-8(15-7)16-5-6(12)13/h2-5H2,1H3,(H,12,13). The molecule has 88 valence electrons. The van der Waals surface area contributed by atoms with Gasteiger partial charge in [-0.3, -0.25) is 4.79 Å². The molecule has 1 aromatic rings. The van der Waals surface area contributed by atoms with Crippen LogP contribution in [0.15, 0.2) is 9.64 Å². The molecule has 1 unspecified atom stereocenters. The number of carbonyl (C=O) groups is 1. The smallest absolute Gasteiger partial charge is 0.314 e. The molecule has 1 fully saturated rings. The quantitative estimate of drug-likeness (QED) is 0.798. The molecule has 7 heteroatoms. The van der Waals surface area contributed by atoms with Crippen LogP contribution < -0.4 is 0 Å². The second kappa shape index (κ2) is 4.42. The summed E-state index contributed by atoms with van der Waals surface area (Å²) in [6, 6.07) is 0. The van der Waals surface area contributed by atoms with Crippen molar-refractivity contribution >= 4 is 17.7 Å². The Bertz CT molecular complexity index is 387. The third-order valence-electron chi connectivity index (χ3n) is 2.40. The minimum atomic E-state index is -0.909. The number of thioether (sulfide) groups is 1. The molecule has 6 nitrogen and oxygen atoms in total. The van der Waals surface area contributed by atoms with Gasteiger partial charge in [0, 0.05) is 6.61 Å². The third kappa shape index (κ3) is 2.35. The minimum Gasteiger partial charge on any atom is -0.481 e. The number of aliphatic carboxylic acids is 1. The van der Waals surface area contributed by atoms with E-state index in [-0.39, 0.29) is 11.0 Å². The van der Waals surface area contributed by atoms with Gasteiger partial charge in [0.1, 0.15) is 11.4 Å². The summed E-state index contributed by atoms with van der Waals surface area (Å²) in [4.78, 5) is 10.4. The number of carboxylic acid groups (broad SMARTS) is 1. The van der Waals surface area contributed by atoms with Crippen LogP contribution >= 0.6 is 11.8 Å². The predicted molar refractivity (Wildman–Crippen MR) is 55.2 cm³/mol. The molecule has 1 atom stereocenters. The largest absolute Gasteiger partial charge is 0.481 e. The first-order chi connectivity index (χ1) is 7.60. The molecule has 1 aliphatic heterocycles. The molecule has 2 heterocycles. The van der Waals surface area contributed by atoms with Gasteiger partial charge in [0.05, 0.1) is 0 Å². The van der Waals surface area contributed by atoms with Crippen LogP contribution in [0.25, 0.3) is 0 Å². The summed E-state index contributed by atoms with van der Waals surface area (Å²) in [5.74, 6) is -0.565. The summed E-state index contributed by atoms with van der Waals surface area (Å²) < 4.78 is 10.9. The van der Waals surface area contributed by atoms with Crippen LogP contribution in [0.5, 0.6) is 0 Å². The van der Waals surface area contributed by atoms with Crippen molar-refractivity contribution in [2.24, 2.45) is 0 Å². The number of nitrogens with zero attached hydrogens (tertiary/aromatic N) is 2. The lowest BCUT2D eigenvalue weighted by molar-refractivity contribution is -0.133. The molecule has 0 aliphatic carbocycles. The van der Waals surface area contributed by atoms with E-state index in [1.807, 2.05) is 6.92 Å². The fourth-order valence-corrected chi connectivity index (χ4v) is 2.04. The Morgan fingerprint density at radius 1 is 1.62 bits per heavy atom. The van der Waals surface area contributed by atoms with Crippen LogP contribution in [0.2, 0.25) is 0 Å². The molecular weight excluding hydrogens is 232 g/mol. The molecule has 0 radical (unpaired) electrons. The lowest BCUT2D eigenvalue weighted by Gasteiger charge is -2.17. The lowest BCUT2D eigenvalue weighted by atomic mass is 10.0. The van der Waals surface area contributed by atoms with Crippen LogP contribution in [-0.2, 0) is 15.1 Å². The van der Waals surface area contributed by atoms with E-state index in [1.165, 1.54) is 0 Å². The van der Waals surface area contributed by atoms with Gasteiger partial charge >= 0.3 is 5.97 Å². The zero-order valence-electron chi connectivity index (χ0n) is 8.80. The molecule has 0 bridgehead atoms. The summed E-state index contributed by atoms with van der Waals surface area (Å²) in [6.45, 7) is 2.59. The highest BCUT2D eigenvalue weighted by molar-refractivity contribution is 7.99. The summed E-state index contributed by atoms with van der Waals surface area (Å²) in [6.07, 6.45) is 1.81. The number of hydrogen-bond donors (Lipinski definition) is 1. The number of ether oxygens (including phenoxy) is 1. The van der Waals surface area contributed by atoms with Crippen molar-refractivity contribution in [3.05, 3.63) is 5.89 Å². The van der Waals surface area contributed by atoms with E-state index in [0.717, 1.165) is 24.6 Å². The van der Waals surface area contributed by atoms with Crippen LogP contribution in [0.3, 0.4) is 0 Å². The maximum atomic E-state index is 10.4. The molecule has 1 saturated heterocycles. The van der Waals surface area contributed by atoms with Gasteiger partial charge in [-0.25, -0.2) is 0 Å². The predicted octanol–water partition coefficient (Wildman–Crippen LogP) is 1.27. The molecule has 0 saturated carbocycles. The Balaban J connectivity index is 2.04. The van der Waals surface area contributed by atoms with E-state index in [9.17, 15) is 4.79 Å². The zero-order chi connectivity index (χ0) is 11.6. The number of hydrogen-bond acceptors (Lipinski definition) is 6. The van der Waals surface area contributed by atoms with E-state index < -0.39 is 11.6 Å². The third-order valence-corrected chi connectivity index (χ3v) is 3.20. The van der Waals surface area contributed by atoms with Gasteiger partial charge in [0.15, 0.2) is 0 Å². The van der Waals surface area contributed by atoms with E-state index in [0.29, 0.717) is 12.5 Å². The molecule has 2 rings (SSSR count). The highest BCUT2D eigenvalue weighted by Gasteiger charge is 2.37. The lowest BCUT2D eigenvalue weighted by Crippen LogP contribution is -2.20. The van der Waals surface area contributed by atoms with Crippen LogP contribution in [0.4, 0.5) is 0 Å². The van der Waals surface area contributed by atoms with E-state index in [2.05, 4.69) is 10.2 Å². The van der Waals surface area contributed by atoms with Crippen molar-refractivity contribution in [2.45, 2.75) is 30.6 Å². The van der Waals surface area contributed by atoms with Crippen molar-refractivity contribution in [2.75, 3.05) is 12.4 Å². The maximum absolute atomic E-state index is 10.4. The fourth-order valence-electron chi connectivity index (χ4n) is 1.55. The molecule has 0 spiro atoms. The number of carboxylic acids is 1. The van der Waals surface area contributed by atoms with Crippen LogP contribution in [0, 0.1) is 0 Å². The normalized spacial score (nSPS) is 24.8. The average molecular weight is 244 g/mol. The molecular formula is C9H12N2O4S. The van der Waals surface area contributed by atoms with Gasteiger partial charge in [0.2, 0.25) is 5.89 Å².